The first-order chi connectivity index (χ1) is 11.7. The van der Waals surface area contributed by atoms with E-state index in [9.17, 15) is 9.90 Å². The van der Waals surface area contributed by atoms with Gasteiger partial charge in [-0.1, -0.05) is 12.1 Å². The molecule has 0 saturated heterocycles. The Balaban J connectivity index is 1.65. The first-order valence-corrected chi connectivity index (χ1v) is 7.35. The van der Waals surface area contributed by atoms with Crippen LogP contribution >= 0.6 is 0 Å². The number of hydrogen-bond acceptors (Lipinski definition) is 4. The van der Waals surface area contributed by atoms with Crippen LogP contribution in [-0.4, -0.2) is 35.5 Å². The molecule has 0 spiro atoms. The molecule has 0 aliphatic rings. The highest BCUT2D eigenvalue weighted by Gasteiger charge is 2.12. The molecule has 0 unspecified atom stereocenters. The molecule has 7 heteroatoms. The molecule has 4 rings (SSSR count). The molecule has 118 valence electrons. The number of aromatic carboxylic acids is 1. The van der Waals surface area contributed by atoms with Crippen LogP contribution in [0.15, 0.2) is 61.2 Å². The number of aromatic nitrogens is 5. The van der Waals surface area contributed by atoms with Gasteiger partial charge in [-0.2, -0.15) is 10.2 Å². The van der Waals surface area contributed by atoms with Crippen LogP contribution in [0.25, 0.3) is 11.3 Å². The van der Waals surface area contributed by atoms with Gasteiger partial charge in [-0.3, -0.25) is 0 Å². The Labute approximate surface area is 136 Å². The number of nitrogens with zero attached hydrogens (tertiary/aromatic N) is 5. The molecule has 0 radical (unpaired) electrons. The van der Waals surface area contributed by atoms with Crippen molar-refractivity contribution in [3.8, 4) is 5.69 Å². The fourth-order valence-corrected chi connectivity index (χ4v) is 2.66. The van der Waals surface area contributed by atoms with Crippen LogP contribution in [0, 0.1) is 0 Å². The molecule has 7 nitrogen and oxygen atoms in total. The summed E-state index contributed by atoms with van der Waals surface area (Å²) in [7, 11) is 0. The Hall–Kier alpha value is -3.48. The van der Waals surface area contributed by atoms with Crippen molar-refractivity contribution in [2.45, 2.75) is 6.42 Å². The normalized spacial score (nSPS) is 11.0. The van der Waals surface area contributed by atoms with Crippen LogP contribution in [0.5, 0.6) is 0 Å². The van der Waals surface area contributed by atoms with Gasteiger partial charge in [0, 0.05) is 12.4 Å². The van der Waals surface area contributed by atoms with E-state index >= 15 is 0 Å². The highest BCUT2D eigenvalue weighted by atomic mass is 16.4. The lowest BCUT2D eigenvalue weighted by atomic mass is 10.0. The Bertz CT molecular complexity index is 1000. The van der Waals surface area contributed by atoms with Crippen LogP contribution in [0.2, 0.25) is 0 Å². The summed E-state index contributed by atoms with van der Waals surface area (Å²) in [5.41, 5.74) is 3.56. The molecular weight excluding hydrogens is 306 g/mol. The minimum Gasteiger partial charge on any atom is -0.477 e. The molecule has 1 aromatic carbocycles. The van der Waals surface area contributed by atoms with Gasteiger partial charge in [-0.05, 0) is 47.9 Å². The largest absolute Gasteiger partial charge is 0.477 e. The van der Waals surface area contributed by atoms with Crippen molar-refractivity contribution in [1.29, 1.82) is 0 Å². The van der Waals surface area contributed by atoms with E-state index in [4.69, 9.17) is 0 Å². The second-order valence-electron chi connectivity index (χ2n) is 5.38. The van der Waals surface area contributed by atoms with Crippen molar-refractivity contribution in [2.24, 2.45) is 0 Å². The average molecular weight is 319 g/mol. The van der Waals surface area contributed by atoms with E-state index in [1.165, 1.54) is 10.8 Å². The number of rotatable bonds is 4. The standard InChI is InChI=1S/C17H13N5O2/c23-17(24)15-9-13(10-16-18-11-20-22(15)16)8-12-2-4-14(5-3-12)21-7-1-6-19-21/h1-7,9-11H,8H2,(H,23,24). The Morgan fingerprint density at radius 3 is 2.62 bits per heavy atom. The third kappa shape index (κ3) is 2.52. The van der Waals surface area contributed by atoms with Crippen molar-refractivity contribution < 1.29 is 9.90 Å². The SMILES string of the molecule is O=C(O)c1cc(Cc2ccc(-n3cccn3)cc2)cc2ncnn12. The second-order valence-corrected chi connectivity index (χ2v) is 5.38. The first kappa shape index (κ1) is 14.1. The van der Waals surface area contributed by atoms with Gasteiger partial charge in [-0.15, -0.1) is 0 Å². The van der Waals surface area contributed by atoms with Crippen LogP contribution in [-0.2, 0) is 6.42 Å². The summed E-state index contributed by atoms with van der Waals surface area (Å²) in [5.74, 6) is -1.03. The van der Waals surface area contributed by atoms with E-state index in [0.29, 0.717) is 12.1 Å². The fourth-order valence-electron chi connectivity index (χ4n) is 2.66. The second kappa shape index (κ2) is 5.62. The topological polar surface area (TPSA) is 85.3 Å². The third-order valence-corrected chi connectivity index (χ3v) is 3.77. The first-order valence-electron chi connectivity index (χ1n) is 7.35. The molecule has 0 amide bonds. The van der Waals surface area contributed by atoms with Gasteiger partial charge < -0.3 is 5.11 Å². The summed E-state index contributed by atoms with van der Waals surface area (Å²) in [6.45, 7) is 0. The number of carbonyl (C=O) groups is 1. The number of carboxylic acids is 1. The van der Waals surface area contributed by atoms with Gasteiger partial charge in [0.15, 0.2) is 11.3 Å². The maximum absolute atomic E-state index is 11.4. The summed E-state index contributed by atoms with van der Waals surface area (Å²) in [6, 6.07) is 13.3. The lowest BCUT2D eigenvalue weighted by Gasteiger charge is -2.07. The summed E-state index contributed by atoms with van der Waals surface area (Å²) in [5, 5.41) is 17.5. The van der Waals surface area contributed by atoms with Gasteiger partial charge >= 0.3 is 5.97 Å². The summed E-state index contributed by atoms with van der Waals surface area (Å²) in [4.78, 5) is 15.5. The van der Waals surface area contributed by atoms with Crippen molar-refractivity contribution >= 4 is 11.6 Å². The molecule has 1 N–H and O–H groups in total. The number of pyridine rings is 1. The van der Waals surface area contributed by atoms with Crippen LogP contribution in [0.1, 0.15) is 21.6 Å². The quantitative estimate of drug-likeness (QED) is 0.623. The van der Waals surface area contributed by atoms with E-state index < -0.39 is 5.97 Å². The maximum atomic E-state index is 11.4. The predicted octanol–water partition coefficient (Wildman–Crippen LogP) is 2.20. The molecule has 0 fully saturated rings. The number of fused-ring (bicyclic) bond motifs is 1. The third-order valence-electron chi connectivity index (χ3n) is 3.77. The van der Waals surface area contributed by atoms with Crippen molar-refractivity contribution in [3.05, 3.63) is 78.0 Å². The van der Waals surface area contributed by atoms with Gasteiger partial charge in [0.25, 0.3) is 0 Å². The number of benzene rings is 1. The lowest BCUT2D eigenvalue weighted by Crippen LogP contribution is -2.07. The predicted molar refractivity (Wildman–Crippen MR) is 86.3 cm³/mol. The van der Waals surface area contributed by atoms with Crippen molar-refractivity contribution in [3.63, 3.8) is 0 Å². The molecule has 3 heterocycles. The van der Waals surface area contributed by atoms with E-state index in [0.717, 1.165) is 16.8 Å². The average Bonchev–Trinajstić information content (AvgIpc) is 3.26. The fraction of sp³-hybridized carbons (Fsp3) is 0.0588. The zero-order valence-electron chi connectivity index (χ0n) is 12.6. The van der Waals surface area contributed by atoms with E-state index in [1.807, 2.05) is 42.6 Å². The van der Waals surface area contributed by atoms with Gasteiger partial charge in [0.1, 0.15) is 6.33 Å². The molecule has 0 bridgehead atoms. The number of hydrogen-bond donors (Lipinski definition) is 1. The minimum absolute atomic E-state index is 0.105. The highest BCUT2D eigenvalue weighted by Crippen LogP contribution is 2.16. The van der Waals surface area contributed by atoms with E-state index in [1.54, 1.807) is 16.9 Å². The molecule has 0 aliphatic carbocycles. The molecule has 3 aromatic heterocycles. The zero-order chi connectivity index (χ0) is 16.5. The zero-order valence-corrected chi connectivity index (χ0v) is 12.6. The Morgan fingerprint density at radius 2 is 1.92 bits per heavy atom. The molecule has 0 aliphatic heterocycles. The van der Waals surface area contributed by atoms with Crippen molar-refractivity contribution in [2.75, 3.05) is 0 Å². The van der Waals surface area contributed by atoms with Crippen LogP contribution in [0.3, 0.4) is 0 Å². The minimum atomic E-state index is -1.03. The lowest BCUT2D eigenvalue weighted by molar-refractivity contribution is 0.0687. The molecular formula is C17H13N5O2. The van der Waals surface area contributed by atoms with Crippen LogP contribution in [0.4, 0.5) is 0 Å². The van der Waals surface area contributed by atoms with E-state index in [-0.39, 0.29) is 5.69 Å². The Morgan fingerprint density at radius 1 is 1.08 bits per heavy atom. The van der Waals surface area contributed by atoms with Gasteiger partial charge in [0.05, 0.1) is 5.69 Å². The van der Waals surface area contributed by atoms with Crippen molar-refractivity contribution in [1.82, 2.24) is 24.4 Å². The summed E-state index contributed by atoms with van der Waals surface area (Å²) in [6.07, 6.45) is 5.58. The maximum Gasteiger partial charge on any atom is 0.354 e. The van der Waals surface area contributed by atoms with Crippen LogP contribution < -0.4 is 0 Å². The Kier molecular flexibility index (Phi) is 3.31. The van der Waals surface area contributed by atoms with Gasteiger partial charge in [-0.25, -0.2) is 19.0 Å². The molecule has 0 saturated carbocycles. The van der Waals surface area contributed by atoms with Gasteiger partial charge in [0.2, 0.25) is 0 Å². The summed E-state index contributed by atoms with van der Waals surface area (Å²) < 4.78 is 3.11. The molecule has 24 heavy (non-hydrogen) atoms. The molecule has 0 atom stereocenters. The monoisotopic (exact) mass is 319 g/mol. The van der Waals surface area contributed by atoms with E-state index in [2.05, 4.69) is 15.2 Å². The smallest absolute Gasteiger partial charge is 0.354 e. The number of carboxylic acid groups (broad SMARTS) is 1. The highest BCUT2D eigenvalue weighted by molar-refractivity contribution is 5.86. The summed E-state index contributed by atoms with van der Waals surface area (Å²) >= 11 is 0. The molecule has 4 aromatic rings.